The van der Waals surface area contributed by atoms with E-state index in [9.17, 15) is 0 Å². The largest absolute Gasteiger partial charge is 0.495 e. The Morgan fingerprint density at radius 1 is 1.19 bits per heavy atom. The molecule has 8 heteroatoms. The lowest BCUT2D eigenvalue weighted by Crippen LogP contribution is -2.38. The molecule has 31 heavy (non-hydrogen) atoms. The Balaban J connectivity index is 0.00000341. The molecular formula is C23H33IN4O3. The molecule has 0 unspecified atom stereocenters. The summed E-state index contributed by atoms with van der Waals surface area (Å²) in [5, 5.41) is 3.08. The number of rotatable bonds is 9. The number of para-hydroxylation sites is 2. The molecule has 3 rings (SSSR count). The second kappa shape index (κ2) is 13.4. The first-order chi connectivity index (χ1) is 14.7. The highest BCUT2D eigenvalue weighted by atomic mass is 127. The zero-order chi connectivity index (χ0) is 21.2. The van der Waals surface area contributed by atoms with Crippen LogP contribution in [-0.2, 0) is 11.3 Å². The van der Waals surface area contributed by atoms with E-state index in [0.717, 1.165) is 55.4 Å². The van der Waals surface area contributed by atoms with E-state index in [1.165, 1.54) is 0 Å². The van der Waals surface area contributed by atoms with Crippen molar-refractivity contribution in [1.29, 1.82) is 0 Å². The predicted octanol–water partition coefficient (Wildman–Crippen LogP) is 3.73. The quantitative estimate of drug-likeness (QED) is 0.287. The Morgan fingerprint density at radius 2 is 1.97 bits per heavy atom. The van der Waals surface area contributed by atoms with Gasteiger partial charge in [-0.2, -0.15) is 0 Å². The second-order valence-electron chi connectivity index (χ2n) is 7.35. The van der Waals surface area contributed by atoms with Gasteiger partial charge in [-0.15, -0.1) is 24.0 Å². The van der Waals surface area contributed by atoms with Gasteiger partial charge in [-0.05, 0) is 49.7 Å². The van der Waals surface area contributed by atoms with E-state index in [4.69, 9.17) is 19.9 Å². The summed E-state index contributed by atoms with van der Waals surface area (Å²) in [6, 6.07) is 16.1. The van der Waals surface area contributed by atoms with Gasteiger partial charge in [0.1, 0.15) is 18.1 Å². The molecular weight excluding hydrogens is 507 g/mol. The first-order valence-electron chi connectivity index (χ1n) is 10.4. The van der Waals surface area contributed by atoms with Crippen LogP contribution >= 0.6 is 24.0 Å². The van der Waals surface area contributed by atoms with E-state index < -0.39 is 0 Å². The Hall–Kier alpha value is -2.04. The van der Waals surface area contributed by atoms with E-state index in [-0.39, 0.29) is 24.0 Å². The van der Waals surface area contributed by atoms with Gasteiger partial charge in [0, 0.05) is 25.8 Å². The fraction of sp³-hybridized carbons (Fsp3) is 0.435. The van der Waals surface area contributed by atoms with Crippen LogP contribution in [0.1, 0.15) is 18.4 Å². The van der Waals surface area contributed by atoms with Gasteiger partial charge in [-0.25, -0.2) is 4.99 Å². The minimum atomic E-state index is 0. The fourth-order valence-electron chi connectivity index (χ4n) is 3.45. The first-order valence-corrected chi connectivity index (χ1v) is 10.4. The van der Waals surface area contributed by atoms with Crippen molar-refractivity contribution in [3.8, 4) is 11.5 Å². The number of likely N-dealkylation sites (N-methyl/N-ethyl adjacent to an activating group) is 1. The molecule has 0 atom stereocenters. The third-order valence-electron chi connectivity index (χ3n) is 5.23. The number of aliphatic imine (C=N–C) groups is 1. The van der Waals surface area contributed by atoms with Gasteiger partial charge >= 0.3 is 0 Å². The maximum atomic E-state index is 6.04. The van der Waals surface area contributed by atoms with Crippen molar-refractivity contribution < 1.29 is 14.2 Å². The van der Waals surface area contributed by atoms with Gasteiger partial charge in [0.25, 0.3) is 0 Å². The topological polar surface area (TPSA) is 81.3 Å². The van der Waals surface area contributed by atoms with Crippen LogP contribution in [0.25, 0.3) is 0 Å². The molecule has 0 aliphatic carbocycles. The molecule has 7 nitrogen and oxygen atoms in total. The van der Waals surface area contributed by atoms with Crippen LogP contribution < -0.4 is 20.5 Å². The maximum absolute atomic E-state index is 6.04. The summed E-state index contributed by atoms with van der Waals surface area (Å²) in [6.07, 6.45) is 2.18. The van der Waals surface area contributed by atoms with Gasteiger partial charge < -0.3 is 25.3 Å². The van der Waals surface area contributed by atoms with Crippen LogP contribution in [0.3, 0.4) is 0 Å². The fourth-order valence-corrected chi connectivity index (χ4v) is 3.45. The number of methoxy groups -OCH3 is 1. The highest BCUT2D eigenvalue weighted by Gasteiger charge is 2.17. The monoisotopic (exact) mass is 540 g/mol. The van der Waals surface area contributed by atoms with Crippen molar-refractivity contribution in [1.82, 2.24) is 4.90 Å². The van der Waals surface area contributed by atoms with E-state index in [1.807, 2.05) is 48.5 Å². The lowest BCUT2D eigenvalue weighted by Gasteiger charge is -2.31. The molecule has 1 aliphatic rings. The minimum absolute atomic E-state index is 0. The average Bonchev–Trinajstić information content (AvgIpc) is 2.79. The summed E-state index contributed by atoms with van der Waals surface area (Å²) in [6.45, 7) is 3.72. The highest BCUT2D eigenvalue weighted by Crippen LogP contribution is 2.22. The molecule has 0 aromatic heterocycles. The molecule has 0 spiro atoms. The summed E-state index contributed by atoms with van der Waals surface area (Å²) in [5.74, 6) is 1.90. The lowest BCUT2D eigenvalue weighted by molar-refractivity contribution is 0.0392. The molecule has 0 bridgehead atoms. The second-order valence-corrected chi connectivity index (χ2v) is 7.35. The number of nitrogens with zero attached hydrogens (tertiary/aromatic N) is 2. The normalized spacial score (nSPS) is 14.7. The zero-order valence-electron chi connectivity index (χ0n) is 18.3. The van der Waals surface area contributed by atoms with Crippen LogP contribution in [0.4, 0.5) is 5.69 Å². The molecule has 1 fully saturated rings. The summed E-state index contributed by atoms with van der Waals surface area (Å²) >= 11 is 0. The Labute approximate surface area is 202 Å². The molecule has 2 aromatic rings. The maximum Gasteiger partial charge on any atom is 0.193 e. The Bertz CT molecular complexity index is 828. The summed E-state index contributed by atoms with van der Waals surface area (Å²) in [7, 11) is 3.78. The Kier molecular flexibility index (Phi) is 10.9. The van der Waals surface area contributed by atoms with Gasteiger partial charge in [0.05, 0.1) is 19.3 Å². The summed E-state index contributed by atoms with van der Waals surface area (Å²) < 4.78 is 16.7. The van der Waals surface area contributed by atoms with Gasteiger partial charge in [0.15, 0.2) is 5.96 Å². The highest BCUT2D eigenvalue weighted by molar-refractivity contribution is 14.0. The molecule has 2 aromatic carbocycles. The minimum Gasteiger partial charge on any atom is -0.495 e. The van der Waals surface area contributed by atoms with E-state index in [0.29, 0.717) is 25.2 Å². The number of halogens is 1. The SMILES string of the molecule is COc1ccccc1NC(N)=NCc1cccc(OCCN(C)C2CCOCC2)c1.I. The van der Waals surface area contributed by atoms with Crippen molar-refractivity contribution in [3.63, 3.8) is 0 Å². The van der Waals surface area contributed by atoms with Crippen molar-refractivity contribution in [2.75, 3.05) is 45.8 Å². The number of nitrogens with one attached hydrogen (secondary N) is 1. The van der Waals surface area contributed by atoms with Crippen LogP contribution in [0.2, 0.25) is 0 Å². The van der Waals surface area contributed by atoms with E-state index >= 15 is 0 Å². The van der Waals surface area contributed by atoms with Gasteiger partial charge in [0.2, 0.25) is 0 Å². The van der Waals surface area contributed by atoms with Crippen LogP contribution in [0, 0.1) is 0 Å². The van der Waals surface area contributed by atoms with Crippen LogP contribution in [-0.4, -0.2) is 57.4 Å². The van der Waals surface area contributed by atoms with Crippen molar-refractivity contribution in [2.24, 2.45) is 10.7 Å². The number of hydrogen-bond donors (Lipinski definition) is 2. The third-order valence-corrected chi connectivity index (χ3v) is 5.23. The summed E-state index contributed by atoms with van der Waals surface area (Å²) in [4.78, 5) is 6.79. The predicted molar refractivity (Wildman–Crippen MR) is 136 cm³/mol. The Morgan fingerprint density at radius 3 is 2.74 bits per heavy atom. The van der Waals surface area contributed by atoms with E-state index in [1.54, 1.807) is 7.11 Å². The molecule has 1 aliphatic heterocycles. The first kappa shape index (κ1) is 25.2. The lowest BCUT2D eigenvalue weighted by atomic mass is 10.1. The van der Waals surface area contributed by atoms with Crippen LogP contribution in [0.5, 0.6) is 11.5 Å². The van der Waals surface area contributed by atoms with Gasteiger partial charge in [-0.1, -0.05) is 24.3 Å². The van der Waals surface area contributed by atoms with Gasteiger partial charge in [-0.3, -0.25) is 4.90 Å². The third kappa shape index (κ3) is 8.19. The number of anilines is 1. The standard InChI is InChI=1S/C23H32N4O3.HI/c1-27(19-10-13-29-14-11-19)12-15-30-20-7-5-6-18(16-20)17-25-23(24)26-21-8-3-4-9-22(21)28-2;/h3-9,16,19H,10-15,17H2,1-2H3,(H3,24,25,26);1H. The number of hydrogen-bond acceptors (Lipinski definition) is 5. The molecule has 0 amide bonds. The number of benzene rings is 2. The number of ether oxygens (including phenoxy) is 3. The smallest absolute Gasteiger partial charge is 0.193 e. The molecule has 0 radical (unpaired) electrons. The van der Waals surface area contributed by atoms with Crippen LogP contribution in [0.15, 0.2) is 53.5 Å². The summed E-state index contributed by atoms with van der Waals surface area (Å²) in [5.41, 5.74) is 7.86. The number of nitrogens with two attached hydrogens (primary N) is 1. The molecule has 0 saturated carbocycles. The molecule has 170 valence electrons. The molecule has 1 saturated heterocycles. The van der Waals surface area contributed by atoms with Crippen molar-refractivity contribution in [3.05, 3.63) is 54.1 Å². The average molecular weight is 540 g/mol. The molecule has 3 N–H and O–H groups in total. The molecule has 1 heterocycles. The zero-order valence-corrected chi connectivity index (χ0v) is 20.6. The van der Waals surface area contributed by atoms with Crippen molar-refractivity contribution in [2.45, 2.75) is 25.4 Å². The van der Waals surface area contributed by atoms with Crippen molar-refractivity contribution >= 4 is 35.6 Å². The number of guanidine groups is 1. The van der Waals surface area contributed by atoms with E-state index in [2.05, 4.69) is 22.3 Å².